The average molecular weight is 252 g/mol. The lowest BCUT2D eigenvalue weighted by atomic mass is 9.90. The lowest BCUT2D eigenvalue weighted by Crippen LogP contribution is -2.24. The molecular formula is C17H20N2. The molecule has 0 atom stereocenters. The number of para-hydroxylation sites is 1. The topological polar surface area (TPSA) is 27.8 Å². The van der Waals surface area contributed by atoms with Crippen molar-refractivity contribution in [2.75, 3.05) is 6.54 Å². The number of allylic oxidation sites excluding steroid dienone is 1. The van der Waals surface area contributed by atoms with Crippen LogP contribution in [0.1, 0.15) is 43.4 Å². The molecule has 2 heterocycles. The van der Waals surface area contributed by atoms with E-state index >= 15 is 0 Å². The monoisotopic (exact) mass is 252 g/mol. The first-order valence-electron chi connectivity index (χ1n) is 7.49. The molecule has 1 fully saturated rings. The van der Waals surface area contributed by atoms with Gasteiger partial charge in [0.15, 0.2) is 0 Å². The lowest BCUT2D eigenvalue weighted by Gasteiger charge is -2.24. The van der Waals surface area contributed by atoms with E-state index in [1.807, 2.05) is 0 Å². The third kappa shape index (κ3) is 1.78. The number of benzene rings is 1. The summed E-state index contributed by atoms with van der Waals surface area (Å²) in [7, 11) is 0. The highest BCUT2D eigenvalue weighted by atomic mass is 14.9. The Morgan fingerprint density at radius 2 is 1.74 bits per heavy atom. The molecule has 0 unspecified atom stereocenters. The molecule has 0 bridgehead atoms. The molecule has 2 N–H and O–H groups in total. The van der Waals surface area contributed by atoms with E-state index in [-0.39, 0.29) is 0 Å². The molecule has 2 aliphatic rings. The first kappa shape index (κ1) is 11.2. The molecule has 0 spiro atoms. The van der Waals surface area contributed by atoms with Crippen LogP contribution in [-0.2, 0) is 6.42 Å². The number of hydrogen-bond donors (Lipinski definition) is 2. The van der Waals surface area contributed by atoms with Crippen molar-refractivity contribution in [1.82, 2.24) is 10.3 Å². The van der Waals surface area contributed by atoms with Gasteiger partial charge in [-0.3, -0.25) is 0 Å². The second kappa shape index (κ2) is 4.44. The fourth-order valence-corrected chi connectivity index (χ4v) is 3.60. The van der Waals surface area contributed by atoms with Gasteiger partial charge < -0.3 is 10.3 Å². The molecule has 4 rings (SSSR count). The van der Waals surface area contributed by atoms with Crippen LogP contribution in [0.4, 0.5) is 0 Å². The minimum atomic E-state index is 1.08. The number of H-pyrrole nitrogens is 1. The van der Waals surface area contributed by atoms with Gasteiger partial charge in [0.2, 0.25) is 0 Å². The molecule has 1 saturated carbocycles. The van der Waals surface area contributed by atoms with Crippen molar-refractivity contribution in [3.05, 3.63) is 41.1 Å². The summed E-state index contributed by atoms with van der Waals surface area (Å²) in [6, 6.07) is 8.70. The summed E-state index contributed by atoms with van der Waals surface area (Å²) >= 11 is 0. The van der Waals surface area contributed by atoms with Crippen molar-refractivity contribution < 1.29 is 0 Å². The van der Waals surface area contributed by atoms with Crippen LogP contribution in [0.15, 0.2) is 29.8 Å². The second-order valence-electron chi connectivity index (χ2n) is 5.74. The van der Waals surface area contributed by atoms with Gasteiger partial charge in [0.1, 0.15) is 0 Å². The largest absolute Gasteiger partial charge is 0.383 e. The highest BCUT2D eigenvalue weighted by Crippen LogP contribution is 2.35. The zero-order chi connectivity index (χ0) is 12.7. The summed E-state index contributed by atoms with van der Waals surface area (Å²) in [6.07, 6.45) is 7.80. The maximum atomic E-state index is 3.65. The van der Waals surface area contributed by atoms with Crippen LogP contribution in [0.25, 0.3) is 16.6 Å². The molecule has 1 aromatic carbocycles. The number of fused-ring (bicyclic) bond motifs is 3. The first-order chi connectivity index (χ1) is 9.43. The Kier molecular flexibility index (Phi) is 2.61. The summed E-state index contributed by atoms with van der Waals surface area (Å²) in [4.78, 5) is 3.64. The molecule has 98 valence electrons. The highest BCUT2D eigenvalue weighted by Gasteiger charge is 2.22. The zero-order valence-corrected chi connectivity index (χ0v) is 11.3. The predicted octanol–water partition coefficient (Wildman–Crippen LogP) is 3.99. The number of hydrogen-bond acceptors (Lipinski definition) is 1. The summed E-state index contributed by atoms with van der Waals surface area (Å²) in [6.45, 7) is 1.08. The molecule has 1 aliphatic carbocycles. The number of aromatic amines is 1. The zero-order valence-electron chi connectivity index (χ0n) is 11.3. The van der Waals surface area contributed by atoms with Gasteiger partial charge in [0.05, 0.1) is 11.4 Å². The molecule has 0 saturated heterocycles. The van der Waals surface area contributed by atoms with E-state index in [0.717, 1.165) is 13.0 Å². The fourth-order valence-electron chi connectivity index (χ4n) is 3.60. The van der Waals surface area contributed by atoms with Gasteiger partial charge in [-0.15, -0.1) is 0 Å². The van der Waals surface area contributed by atoms with E-state index in [2.05, 4.69) is 34.6 Å². The molecule has 2 nitrogen and oxygen atoms in total. The van der Waals surface area contributed by atoms with Crippen LogP contribution >= 0.6 is 0 Å². The molecule has 0 amide bonds. The molecule has 1 aliphatic heterocycles. The average Bonchev–Trinajstić information content (AvgIpc) is 2.87. The van der Waals surface area contributed by atoms with Gasteiger partial charge in [-0.25, -0.2) is 0 Å². The lowest BCUT2D eigenvalue weighted by molar-refractivity contribution is 0.595. The maximum absolute atomic E-state index is 3.65. The van der Waals surface area contributed by atoms with Crippen molar-refractivity contribution in [2.45, 2.75) is 38.5 Å². The van der Waals surface area contributed by atoms with Crippen LogP contribution in [0, 0.1) is 0 Å². The van der Waals surface area contributed by atoms with Gasteiger partial charge in [-0.05, 0) is 49.3 Å². The van der Waals surface area contributed by atoms with E-state index in [9.17, 15) is 0 Å². The van der Waals surface area contributed by atoms with E-state index in [4.69, 9.17) is 0 Å². The first-order valence-corrected chi connectivity index (χ1v) is 7.49. The predicted molar refractivity (Wildman–Crippen MR) is 80.0 cm³/mol. The van der Waals surface area contributed by atoms with Crippen molar-refractivity contribution in [2.24, 2.45) is 0 Å². The summed E-state index contributed by atoms with van der Waals surface area (Å²) in [5.41, 5.74) is 7.22. The van der Waals surface area contributed by atoms with E-state index in [1.165, 1.54) is 60.0 Å². The molecule has 1 aromatic heterocycles. The maximum Gasteiger partial charge on any atom is 0.0659 e. The second-order valence-corrected chi connectivity index (χ2v) is 5.74. The summed E-state index contributed by atoms with van der Waals surface area (Å²) in [5.74, 6) is 0. The van der Waals surface area contributed by atoms with Gasteiger partial charge in [0.25, 0.3) is 0 Å². The van der Waals surface area contributed by atoms with Gasteiger partial charge >= 0.3 is 0 Å². The Labute approximate surface area is 113 Å². The van der Waals surface area contributed by atoms with Gasteiger partial charge in [0, 0.05) is 17.4 Å². The van der Waals surface area contributed by atoms with E-state index < -0.39 is 0 Å². The van der Waals surface area contributed by atoms with Crippen LogP contribution < -0.4 is 5.32 Å². The van der Waals surface area contributed by atoms with Crippen molar-refractivity contribution in [3.8, 4) is 0 Å². The van der Waals surface area contributed by atoms with Gasteiger partial charge in [-0.2, -0.15) is 0 Å². The number of aromatic nitrogens is 1. The number of rotatable bonds is 0. The normalized spacial score (nSPS) is 19.4. The molecule has 0 radical (unpaired) electrons. The van der Waals surface area contributed by atoms with Crippen molar-refractivity contribution in [3.63, 3.8) is 0 Å². The Balaban J connectivity index is 1.90. The smallest absolute Gasteiger partial charge is 0.0659 e. The summed E-state index contributed by atoms with van der Waals surface area (Å²) in [5, 5.41) is 5.06. The molecule has 2 aromatic rings. The van der Waals surface area contributed by atoms with Crippen LogP contribution in [0.2, 0.25) is 0 Å². The van der Waals surface area contributed by atoms with Crippen LogP contribution in [-0.4, -0.2) is 11.5 Å². The van der Waals surface area contributed by atoms with Crippen molar-refractivity contribution in [1.29, 1.82) is 0 Å². The van der Waals surface area contributed by atoms with Crippen LogP contribution in [0.5, 0.6) is 0 Å². The van der Waals surface area contributed by atoms with E-state index in [0.29, 0.717) is 0 Å². The quantitative estimate of drug-likeness (QED) is 0.729. The van der Waals surface area contributed by atoms with Gasteiger partial charge in [-0.1, -0.05) is 24.6 Å². The molecular weight excluding hydrogens is 232 g/mol. The SMILES string of the molecule is c1ccc2c3c([nH]c2c1)C(=C1CCCCC1)NCC3. The molecule has 19 heavy (non-hydrogen) atoms. The fraction of sp³-hybridized carbons (Fsp3) is 0.412. The Hall–Kier alpha value is -1.70. The van der Waals surface area contributed by atoms with E-state index in [1.54, 1.807) is 5.57 Å². The molecule has 2 heteroatoms. The van der Waals surface area contributed by atoms with Crippen molar-refractivity contribution >= 4 is 16.6 Å². The highest BCUT2D eigenvalue weighted by molar-refractivity contribution is 5.90. The minimum Gasteiger partial charge on any atom is -0.383 e. The minimum absolute atomic E-state index is 1.08. The standard InChI is InChI=1S/C17H20N2/c1-2-6-12(7-3-1)16-17-14(10-11-18-16)13-8-4-5-9-15(13)19-17/h4-5,8-9,18-19H,1-3,6-7,10-11H2. The Morgan fingerprint density at radius 3 is 2.63 bits per heavy atom. The summed E-state index contributed by atoms with van der Waals surface area (Å²) < 4.78 is 0. The van der Waals surface area contributed by atoms with Crippen LogP contribution in [0.3, 0.4) is 0 Å². The Morgan fingerprint density at radius 1 is 0.895 bits per heavy atom. The third-order valence-electron chi connectivity index (χ3n) is 4.55. The number of nitrogens with one attached hydrogen (secondary N) is 2. The Bertz CT molecular complexity index is 640. The third-order valence-corrected chi connectivity index (χ3v) is 4.55.